The maximum Gasteiger partial charge on any atom is 0.255 e. The first-order valence-electron chi connectivity index (χ1n) is 5.03. The molecule has 3 N–H and O–H groups in total. The van der Waals surface area contributed by atoms with Crippen LogP contribution < -0.4 is 5.32 Å². The van der Waals surface area contributed by atoms with Crippen LogP contribution in [0.2, 0.25) is 0 Å². The van der Waals surface area contributed by atoms with Crippen LogP contribution in [0, 0.1) is 5.82 Å². The quantitative estimate of drug-likeness (QED) is 0.696. The molecule has 16 heavy (non-hydrogen) atoms. The van der Waals surface area contributed by atoms with Crippen molar-refractivity contribution in [2.75, 3.05) is 0 Å². The highest BCUT2D eigenvalue weighted by Gasteiger charge is 2.29. The van der Waals surface area contributed by atoms with E-state index in [0.717, 1.165) is 12.1 Å². The molecule has 0 bridgehead atoms. The van der Waals surface area contributed by atoms with E-state index in [1.54, 1.807) is 0 Å². The molecule has 1 amide bonds. The predicted molar refractivity (Wildman–Crippen MR) is 54.6 cm³/mol. The van der Waals surface area contributed by atoms with Gasteiger partial charge in [-0.1, -0.05) is 0 Å². The van der Waals surface area contributed by atoms with Crippen molar-refractivity contribution in [2.24, 2.45) is 0 Å². The second-order valence-electron chi connectivity index (χ2n) is 3.96. The van der Waals surface area contributed by atoms with E-state index < -0.39 is 11.7 Å². The van der Waals surface area contributed by atoms with Gasteiger partial charge in [0.1, 0.15) is 11.6 Å². The normalized spacial score (nSPS) is 23.6. The molecular formula is C11H12FNO3. The number of hydrogen-bond donors (Lipinski definition) is 3. The number of hydrogen-bond acceptors (Lipinski definition) is 3. The zero-order chi connectivity index (χ0) is 11.7. The van der Waals surface area contributed by atoms with Crippen LogP contribution in [0.1, 0.15) is 23.2 Å². The molecule has 2 rings (SSSR count). The van der Waals surface area contributed by atoms with Crippen LogP contribution in [0.25, 0.3) is 0 Å². The molecule has 0 atom stereocenters. The third-order valence-corrected chi connectivity index (χ3v) is 2.65. The summed E-state index contributed by atoms with van der Waals surface area (Å²) in [4.78, 5) is 11.6. The van der Waals surface area contributed by atoms with Crippen LogP contribution in [0.3, 0.4) is 0 Å². The molecule has 0 spiro atoms. The lowest BCUT2D eigenvalue weighted by atomic mass is 9.89. The molecule has 0 radical (unpaired) electrons. The number of carbonyl (C=O) groups excluding carboxylic acids is 1. The molecule has 0 aromatic heterocycles. The number of carbonyl (C=O) groups is 1. The number of amides is 1. The van der Waals surface area contributed by atoms with E-state index in [-0.39, 0.29) is 23.5 Å². The summed E-state index contributed by atoms with van der Waals surface area (Å²) in [6, 6.07) is 3.18. The Morgan fingerprint density at radius 2 is 2.12 bits per heavy atom. The minimum absolute atomic E-state index is 0.0442. The minimum atomic E-state index is -0.590. The molecule has 4 nitrogen and oxygen atoms in total. The molecule has 1 fully saturated rings. The topological polar surface area (TPSA) is 69.6 Å². The van der Waals surface area contributed by atoms with Crippen LogP contribution in [-0.4, -0.2) is 28.3 Å². The van der Waals surface area contributed by atoms with Gasteiger partial charge >= 0.3 is 0 Å². The van der Waals surface area contributed by atoms with Gasteiger partial charge < -0.3 is 15.5 Å². The van der Waals surface area contributed by atoms with Crippen LogP contribution in [-0.2, 0) is 0 Å². The summed E-state index contributed by atoms with van der Waals surface area (Å²) in [5.74, 6) is -1.42. The summed E-state index contributed by atoms with van der Waals surface area (Å²) in [6.45, 7) is 0. The standard InChI is InChI=1S/C11H12FNO3/c12-6-1-2-9(10(15)3-6)11(16)13-7-4-8(14)5-7/h1-3,7-8,14-15H,4-5H2,(H,13,16). The molecule has 1 aromatic carbocycles. The van der Waals surface area contributed by atoms with Gasteiger partial charge in [-0.25, -0.2) is 4.39 Å². The van der Waals surface area contributed by atoms with Crippen molar-refractivity contribution in [2.45, 2.75) is 25.0 Å². The van der Waals surface area contributed by atoms with Gasteiger partial charge in [0.05, 0.1) is 11.7 Å². The number of aromatic hydroxyl groups is 1. The van der Waals surface area contributed by atoms with E-state index in [9.17, 15) is 14.3 Å². The average Bonchev–Trinajstić information content (AvgIpc) is 2.15. The molecule has 1 aliphatic carbocycles. The summed E-state index contributed by atoms with van der Waals surface area (Å²) >= 11 is 0. The fraction of sp³-hybridized carbons (Fsp3) is 0.364. The zero-order valence-electron chi connectivity index (χ0n) is 8.48. The Balaban J connectivity index is 2.03. The average molecular weight is 225 g/mol. The molecular weight excluding hydrogens is 213 g/mol. The van der Waals surface area contributed by atoms with Crippen molar-refractivity contribution in [3.8, 4) is 5.75 Å². The van der Waals surface area contributed by atoms with Crippen LogP contribution >= 0.6 is 0 Å². The summed E-state index contributed by atoms with van der Waals surface area (Å²) in [5.41, 5.74) is 0.0442. The van der Waals surface area contributed by atoms with Gasteiger partial charge in [-0.3, -0.25) is 4.79 Å². The number of phenols is 1. The molecule has 5 heteroatoms. The molecule has 0 heterocycles. The highest BCUT2D eigenvalue weighted by molar-refractivity contribution is 5.97. The van der Waals surface area contributed by atoms with E-state index in [4.69, 9.17) is 5.11 Å². The van der Waals surface area contributed by atoms with E-state index >= 15 is 0 Å². The largest absolute Gasteiger partial charge is 0.507 e. The first-order chi connectivity index (χ1) is 7.56. The predicted octanol–water partition coefficient (Wildman–Crippen LogP) is 0.784. The lowest BCUT2D eigenvalue weighted by molar-refractivity contribution is 0.0562. The zero-order valence-corrected chi connectivity index (χ0v) is 8.48. The van der Waals surface area contributed by atoms with E-state index in [1.165, 1.54) is 6.07 Å². The number of aliphatic hydroxyl groups is 1. The first kappa shape index (κ1) is 10.9. The van der Waals surface area contributed by atoms with E-state index in [1.807, 2.05) is 0 Å². The van der Waals surface area contributed by atoms with Gasteiger partial charge in [-0.2, -0.15) is 0 Å². The minimum Gasteiger partial charge on any atom is -0.507 e. The molecule has 1 aliphatic rings. The summed E-state index contributed by atoms with van der Waals surface area (Å²) in [7, 11) is 0. The van der Waals surface area contributed by atoms with Crippen LogP contribution in [0.5, 0.6) is 5.75 Å². The van der Waals surface area contributed by atoms with Gasteiger partial charge in [0.25, 0.3) is 5.91 Å². The molecule has 0 unspecified atom stereocenters. The van der Waals surface area contributed by atoms with Gasteiger partial charge in [0.15, 0.2) is 0 Å². The van der Waals surface area contributed by atoms with Crippen molar-refractivity contribution in [1.82, 2.24) is 5.32 Å². The third-order valence-electron chi connectivity index (χ3n) is 2.65. The number of nitrogens with one attached hydrogen (secondary N) is 1. The Kier molecular flexibility index (Phi) is 2.78. The van der Waals surface area contributed by atoms with Crippen molar-refractivity contribution >= 4 is 5.91 Å². The van der Waals surface area contributed by atoms with Crippen molar-refractivity contribution in [1.29, 1.82) is 0 Å². The van der Waals surface area contributed by atoms with Gasteiger partial charge in [0.2, 0.25) is 0 Å². The number of benzene rings is 1. The number of rotatable bonds is 2. The van der Waals surface area contributed by atoms with Crippen molar-refractivity contribution in [3.63, 3.8) is 0 Å². The fourth-order valence-corrected chi connectivity index (χ4v) is 1.67. The Morgan fingerprint density at radius 3 is 2.69 bits per heavy atom. The Bertz CT molecular complexity index is 416. The fourth-order valence-electron chi connectivity index (χ4n) is 1.67. The molecule has 1 aromatic rings. The monoisotopic (exact) mass is 225 g/mol. The Hall–Kier alpha value is -1.62. The van der Waals surface area contributed by atoms with Crippen LogP contribution in [0.4, 0.5) is 4.39 Å². The summed E-state index contributed by atoms with van der Waals surface area (Å²) < 4.78 is 12.7. The second-order valence-corrected chi connectivity index (χ2v) is 3.96. The third kappa shape index (κ3) is 2.14. The highest BCUT2D eigenvalue weighted by atomic mass is 19.1. The van der Waals surface area contributed by atoms with E-state index in [2.05, 4.69) is 5.32 Å². The van der Waals surface area contributed by atoms with E-state index in [0.29, 0.717) is 12.8 Å². The molecule has 1 saturated carbocycles. The highest BCUT2D eigenvalue weighted by Crippen LogP contribution is 2.22. The Labute approximate surface area is 91.7 Å². The number of aliphatic hydroxyl groups excluding tert-OH is 1. The maximum absolute atomic E-state index is 12.7. The van der Waals surface area contributed by atoms with Crippen LogP contribution in [0.15, 0.2) is 18.2 Å². The second kappa shape index (κ2) is 4.09. The SMILES string of the molecule is O=C(NC1CC(O)C1)c1ccc(F)cc1O. The lowest BCUT2D eigenvalue weighted by Gasteiger charge is -2.31. The molecule has 0 aliphatic heterocycles. The maximum atomic E-state index is 12.7. The van der Waals surface area contributed by atoms with Crippen molar-refractivity contribution in [3.05, 3.63) is 29.6 Å². The smallest absolute Gasteiger partial charge is 0.255 e. The summed E-state index contributed by atoms with van der Waals surface area (Å²) in [5, 5.41) is 21.1. The molecule has 0 saturated heterocycles. The van der Waals surface area contributed by atoms with Gasteiger partial charge in [-0.05, 0) is 25.0 Å². The number of phenolic OH excluding ortho intramolecular Hbond substituents is 1. The molecule has 86 valence electrons. The first-order valence-corrected chi connectivity index (χ1v) is 5.03. The van der Waals surface area contributed by atoms with Gasteiger partial charge in [-0.15, -0.1) is 0 Å². The summed E-state index contributed by atoms with van der Waals surface area (Å²) in [6.07, 6.45) is 0.689. The van der Waals surface area contributed by atoms with Crippen molar-refractivity contribution < 1.29 is 19.4 Å². The Morgan fingerprint density at radius 1 is 1.44 bits per heavy atom. The lowest BCUT2D eigenvalue weighted by Crippen LogP contribution is -2.46. The van der Waals surface area contributed by atoms with Gasteiger partial charge in [0, 0.05) is 12.1 Å². The number of halogens is 1.